The van der Waals surface area contributed by atoms with Crippen LogP contribution in [0.25, 0.3) is 0 Å². The van der Waals surface area contributed by atoms with Crippen LogP contribution in [0.15, 0.2) is 48.5 Å². The molecule has 2 aromatic carbocycles. The smallest absolute Gasteiger partial charge is 0.344 e. The number of esters is 1. The normalized spacial score (nSPS) is 10.7. The maximum Gasteiger partial charge on any atom is 0.344 e. The summed E-state index contributed by atoms with van der Waals surface area (Å²) in [7, 11) is 0. The molecule has 0 saturated heterocycles. The molecule has 0 saturated carbocycles. The number of Topliss-reactive ketones (excluding diaryl/α,β-unsaturated/α-hetero) is 1. The van der Waals surface area contributed by atoms with Crippen LogP contribution in [0, 0.1) is 5.92 Å². The summed E-state index contributed by atoms with van der Waals surface area (Å²) in [5.74, 6) is -0.200. The monoisotopic (exact) mass is 397 g/mol. The molecule has 1 amide bonds. The molecule has 0 spiro atoms. The lowest BCUT2D eigenvalue weighted by Crippen LogP contribution is -2.20. The van der Waals surface area contributed by atoms with Crippen LogP contribution < -0.4 is 10.1 Å². The lowest BCUT2D eigenvalue weighted by molar-refractivity contribution is -0.144. The number of rotatable bonds is 9. The van der Waals surface area contributed by atoms with Crippen LogP contribution in [0.5, 0.6) is 5.75 Å². The molecular formula is C23H27NO5. The molecule has 1 N–H and O–H groups in total. The molecule has 0 aliphatic carbocycles. The molecule has 0 atom stereocenters. The van der Waals surface area contributed by atoms with Crippen LogP contribution >= 0.6 is 0 Å². The van der Waals surface area contributed by atoms with Crippen LogP contribution in [0.4, 0.5) is 5.69 Å². The van der Waals surface area contributed by atoms with E-state index in [0.29, 0.717) is 22.9 Å². The highest BCUT2D eigenvalue weighted by molar-refractivity contribution is 5.99. The first-order chi connectivity index (χ1) is 13.8. The van der Waals surface area contributed by atoms with Gasteiger partial charge in [0.25, 0.3) is 0 Å². The van der Waals surface area contributed by atoms with E-state index in [4.69, 9.17) is 9.47 Å². The zero-order valence-electron chi connectivity index (χ0n) is 17.2. The molecule has 2 rings (SSSR count). The summed E-state index contributed by atoms with van der Waals surface area (Å²) >= 11 is 0. The van der Waals surface area contributed by atoms with Gasteiger partial charge >= 0.3 is 5.97 Å². The molecule has 0 bridgehead atoms. The quantitative estimate of drug-likeness (QED) is 0.506. The maximum atomic E-state index is 12.2. The number of hydrogen-bond acceptors (Lipinski definition) is 5. The van der Waals surface area contributed by atoms with Crippen molar-refractivity contribution in [3.8, 4) is 5.75 Å². The highest BCUT2D eigenvalue weighted by atomic mass is 16.6. The Morgan fingerprint density at radius 2 is 1.48 bits per heavy atom. The number of carbonyl (C=O) groups is 3. The Kier molecular flexibility index (Phi) is 7.95. The predicted octanol–water partition coefficient (Wildman–Crippen LogP) is 4.21. The maximum absolute atomic E-state index is 12.2. The summed E-state index contributed by atoms with van der Waals surface area (Å²) < 4.78 is 10.4. The van der Waals surface area contributed by atoms with Crippen LogP contribution in [0.3, 0.4) is 0 Å². The van der Waals surface area contributed by atoms with Crippen molar-refractivity contribution in [1.82, 2.24) is 0 Å². The van der Waals surface area contributed by atoms with Gasteiger partial charge in [-0.25, -0.2) is 4.79 Å². The SMILES string of the molecule is CC(C)C(=O)Nc1ccc(C(=O)COC(=O)COc2ccc(C(C)C)cc2)cc1. The molecule has 0 heterocycles. The minimum absolute atomic E-state index is 0.100. The Bertz CT molecular complexity index is 839. The fraction of sp³-hybridized carbons (Fsp3) is 0.348. The molecule has 0 aliphatic rings. The zero-order chi connectivity index (χ0) is 21.4. The van der Waals surface area contributed by atoms with Crippen LogP contribution in [0.2, 0.25) is 0 Å². The van der Waals surface area contributed by atoms with Crippen molar-refractivity contribution in [3.63, 3.8) is 0 Å². The number of hydrogen-bond donors (Lipinski definition) is 1. The van der Waals surface area contributed by atoms with Gasteiger partial charge in [-0.05, 0) is 47.9 Å². The average molecular weight is 397 g/mol. The minimum Gasteiger partial charge on any atom is -0.482 e. The van der Waals surface area contributed by atoms with Crippen LogP contribution in [0.1, 0.15) is 49.5 Å². The fourth-order valence-corrected chi connectivity index (χ4v) is 2.39. The van der Waals surface area contributed by atoms with Crippen molar-refractivity contribution in [1.29, 1.82) is 0 Å². The lowest BCUT2D eigenvalue weighted by Gasteiger charge is -2.09. The van der Waals surface area contributed by atoms with Gasteiger partial charge in [-0.3, -0.25) is 9.59 Å². The standard InChI is InChI=1S/C23H27NO5/c1-15(2)17-7-11-20(12-8-17)28-14-22(26)29-13-21(25)18-5-9-19(10-6-18)24-23(27)16(3)4/h5-12,15-16H,13-14H2,1-4H3,(H,24,27). The molecule has 6 heteroatoms. The summed E-state index contributed by atoms with van der Waals surface area (Å²) in [6.07, 6.45) is 0. The van der Waals surface area contributed by atoms with E-state index < -0.39 is 5.97 Å². The lowest BCUT2D eigenvalue weighted by atomic mass is 10.0. The van der Waals surface area contributed by atoms with Crippen LogP contribution in [-0.4, -0.2) is 30.9 Å². The van der Waals surface area contributed by atoms with E-state index in [1.54, 1.807) is 50.2 Å². The van der Waals surface area contributed by atoms with E-state index in [0.717, 1.165) is 0 Å². The van der Waals surface area contributed by atoms with E-state index >= 15 is 0 Å². The van der Waals surface area contributed by atoms with Crippen molar-refractivity contribution in [2.75, 3.05) is 18.5 Å². The first-order valence-corrected chi connectivity index (χ1v) is 9.58. The summed E-state index contributed by atoms with van der Waals surface area (Å²) in [6.45, 7) is 7.15. The average Bonchev–Trinajstić information content (AvgIpc) is 2.71. The van der Waals surface area contributed by atoms with Gasteiger partial charge in [0.1, 0.15) is 5.75 Å². The molecule has 0 fully saturated rings. The third-order valence-electron chi connectivity index (χ3n) is 4.27. The van der Waals surface area contributed by atoms with Gasteiger partial charge in [-0.15, -0.1) is 0 Å². The summed E-state index contributed by atoms with van der Waals surface area (Å²) in [4.78, 5) is 35.7. The number of benzene rings is 2. The van der Waals surface area contributed by atoms with Crippen molar-refractivity contribution in [3.05, 3.63) is 59.7 Å². The van der Waals surface area contributed by atoms with E-state index in [1.165, 1.54) is 5.56 Å². The minimum atomic E-state index is -0.618. The molecule has 0 aromatic heterocycles. The molecule has 29 heavy (non-hydrogen) atoms. The molecule has 6 nitrogen and oxygen atoms in total. The van der Waals surface area contributed by atoms with Gasteiger partial charge in [-0.2, -0.15) is 0 Å². The molecular weight excluding hydrogens is 370 g/mol. The predicted molar refractivity (Wildman–Crippen MR) is 111 cm³/mol. The van der Waals surface area contributed by atoms with Gasteiger partial charge in [0.15, 0.2) is 19.0 Å². The molecule has 0 unspecified atom stereocenters. The number of anilines is 1. The van der Waals surface area contributed by atoms with E-state index in [-0.39, 0.29) is 30.8 Å². The molecule has 2 aromatic rings. The van der Waals surface area contributed by atoms with Crippen molar-refractivity contribution in [2.24, 2.45) is 5.92 Å². The van der Waals surface area contributed by atoms with Gasteiger partial charge in [-0.1, -0.05) is 39.8 Å². The summed E-state index contributed by atoms with van der Waals surface area (Å²) in [6, 6.07) is 13.9. The van der Waals surface area contributed by atoms with Crippen LogP contribution in [-0.2, 0) is 14.3 Å². The Morgan fingerprint density at radius 1 is 0.862 bits per heavy atom. The first-order valence-electron chi connectivity index (χ1n) is 9.58. The molecule has 0 radical (unpaired) electrons. The highest BCUT2D eigenvalue weighted by Crippen LogP contribution is 2.18. The second-order valence-electron chi connectivity index (χ2n) is 7.32. The van der Waals surface area contributed by atoms with E-state index in [9.17, 15) is 14.4 Å². The van der Waals surface area contributed by atoms with Gasteiger partial charge < -0.3 is 14.8 Å². The van der Waals surface area contributed by atoms with Gasteiger partial charge in [0.05, 0.1) is 0 Å². The highest BCUT2D eigenvalue weighted by Gasteiger charge is 2.12. The fourth-order valence-electron chi connectivity index (χ4n) is 2.39. The summed E-state index contributed by atoms with van der Waals surface area (Å²) in [5, 5.41) is 2.75. The Hall–Kier alpha value is -3.15. The third-order valence-corrected chi connectivity index (χ3v) is 4.27. The van der Waals surface area contributed by atoms with Gasteiger partial charge in [0.2, 0.25) is 5.91 Å². The Labute approximate surface area is 171 Å². The number of carbonyl (C=O) groups excluding carboxylic acids is 3. The molecule has 0 aliphatic heterocycles. The number of ketones is 1. The largest absolute Gasteiger partial charge is 0.482 e. The van der Waals surface area contributed by atoms with Gasteiger partial charge in [0, 0.05) is 17.2 Å². The number of nitrogens with one attached hydrogen (secondary N) is 1. The first kappa shape index (κ1) is 22.1. The number of amides is 1. The zero-order valence-corrected chi connectivity index (χ0v) is 17.2. The van der Waals surface area contributed by atoms with Crippen molar-refractivity contribution in [2.45, 2.75) is 33.6 Å². The van der Waals surface area contributed by atoms with E-state index in [1.807, 2.05) is 12.1 Å². The molecule has 154 valence electrons. The number of ether oxygens (including phenoxy) is 2. The Morgan fingerprint density at radius 3 is 2.03 bits per heavy atom. The Balaban J connectivity index is 1.77. The van der Waals surface area contributed by atoms with Crippen molar-refractivity contribution >= 4 is 23.3 Å². The topological polar surface area (TPSA) is 81.7 Å². The van der Waals surface area contributed by atoms with E-state index in [2.05, 4.69) is 19.2 Å². The van der Waals surface area contributed by atoms with Crippen molar-refractivity contribution < 1.29 is 23.9 Å². The third kappa shape index (κ3) is 7.07. The summed E-state index contributed by atoms with van der Waals surface area (Å²) in [5.41, 5.74) is 2.18. The second kappa shape index (κ2) is 10.4. The second-order valence-corrected chi connectivity index (χ2v) is 7.32.